The van der Waals surface area contributed by atoms with E-state index >= 15 is 0 Å². The van der Waals surface area contributed by atoms with E-state index in [1.807, 2.05) is 12.1 Å². The minimum atomic E-state index is -0.844. The number of nitrogens with zero attached hydrogens (tertiary/aromatic N) is 2. The highest BCUT2D eigenvalue weighted by Gasteiger charge is 2.36. The molecule has 0 fully saturated rings. The first-order valence-electron chi connectivity index (χ1n) is 9.97. The van der Waals surface area contributed by atoms with Gasteiger partial charge in [-0.05, 0) is 42.0 Å². The average Bonchev–Trinajstić information content (AvgIpc) is 2.84. The van der Waals surface area contributed by atoms with Crippen LogP contribution in [0.3, 0.4) is 0 Å². The Labute approximate surface area is 195 Å². The number of hydrogen-bond donors (Lipinski definition) is 2. The van der Waals surface area contributed by atoms with E-state index in [1.54, 1.807) is 37.7 Å². The molecule has 1 unspecified atom stereocenters. The number of nitriles is 1. The molecule has 0 spiro atoms. The molecule has 8 nitrogen and oxygen atoms in total. The molecule has 0 saturated carbocycles. The van der Waals surface area contributed by atoms with Gasteiger partial charge >= 0.3 is 5.63 Å². The largest absolute Gasteiger partial charge is 0.508 e. The molecule has 2 aromatic carbocycles. The van der Waals surface area contributed by atoms with Crippen molar-refractivity contribution in [3.05, 3.63) is 93.9 Å². The Bertz CT molecular complexity index is 1530. The SMILES string of the molecule is C.COc1ccc(C2C(C#N)=C(N)Oc3c2c(=O)oc2ccc(O)cc32)cc1-c1cccnc1. The molecule has 1 atom stereocenters. The molecule has 3 N–H and O–H groups in total. The van der Waals surface area contributed by atoms with Crippen LogP contribution in [0, 0.1) is 11.3 Å². The van der Waals surface area contributed by atoms with Gasteiger partial charge in [0.05, 0.1) is 24.0 Å². The van der Waals surface area contributed by atoms with Crippen molar-refractivity contribution in [2.24, 2.45) is 5.73 Å². The van der Waals surface area contributed by atoms with E-state index in [4.69, 9.17) is 19.6 Å². The van der Waals surface area contributed by atoms with Crippen molar-refractivity contribution in [2.75, 3.05) is 7.11 Å². The quantitative estimate of drug-likeness (QED) is 0.434. The first-order chi connectivity index (χ1) is 16.0. The number of fused-ring (bicyclic) bond motifs is 3. The molecule has 1 aliphatic rings. The molecular weight excluding hydrogens is 434 g/mol. The van der Waals surface area contributed by atoms with Crippen LogP contribution in [0.25, 0.3) is 22.1 Å². The molecule has 0 bridgehead atoms. The first kappa shape index (κ1) is 22.4. The van der Waals surface area contributed by atoms with Gasteiger partial charge in [0.15, 0.2) is 5.75 Å². The van der Waals surface area contributed by atoms with Crippen LogP contribution in [0.1, 0.15) is 24.5 Å². The Hall–Kier alpha value is -4.77. The summed E-state index contributed by atoms with van der Waals surface area (Å²) in [6, 6.07) is 15.4. The van der Waals surface area contributed by atoms with Crippen LogP contribution in [0.5, 0.6) is 17.2 Å². The van der Waals surface area contributed by atoms with Crippen molar-refractivity contribution >= 4 is 11.0 Å². The zero-order chi connectivity index (χ0) is 23.1. The number of phenols is 1. The lowest BCUT2D eigenvalue weighted by atomic mass is 9.82. The molecule has 2 aromatic heterocycles. The van der Waals surface area contributed by atoms with Crippen LogP contribution >= 0.6 is 0 Å². The number of phenolic OH excluding ortho intramolecular Hbond substituents is 1. The molecule has 1 aliphatic heterocycles. The molecule has 0 aliphatic carbocycles. The molecule has 3 heterocycles. The second kappa shape index (κ2) is 8.64. The zero-order valence-electron chi connectivity index (χ0n) is 17.4. The summed E-state index contributed by atoms with van der Waals surface area (Å²) in [5.41, 5.74) is 8.05. The number of hydrogen-bond acceptors (Lipinski definition) is 8. The van der Waals surface area contributed by atoms with Crippen LogP contribution in [-0.4, -0.2) is 17.2 Å². The van der Waals surface area contributed by atoms with Crippen LogP contribution in [0.15, 0.2) is 81.6 Å². The third kappa shape index (κ3) is 3.49. The highest BCUT2D eigenvalue weighted by molar-refractivity contribution is 5.87. The molecule has 34 heavy (non-hydrogen) atoms. The maximum atomic E-state index is 13.1. The monoisotopic (exact) mass is 455 g/mol. The van der Waals surface area contributed by atoms with Crippen LogP contribution in [0.2, 0.25) is 0 Å². The summed E-state index contributed by atoms with van der Waals surface area (Å²) in [5.74, 6) is -0.245. The van der Waals surface area contributed by atoms with Crippen molar-refractivity contribution in [1.29, 1.82) is 5.26 Å². The predicted molar refractivity (Wildman–Crippen MR) is 126 cm³/mol. The van der Waals surface area contributed by atoms with Gasteiger partial charge in [0.2, 0.25) is 5.88 Å². The van der Waals surface area contributed by atoms with Crippen molar-refractivity contribution in [1.82, 2.24) is 4.98 Å². The molecular formula is C26H21N3O5. The number of aromatic hydroxyl groups is 1. The predicted octanol–water partition coefficient (Wildman–Crippen LogP) is 4.42. The van der Waals surface area contributed by atoms with Crippen molar-refractivity contribution in [2.45, 2.75) is 13.3 Å². The van der Waals surface area contributed by atoms with Crippen LogP contribution in [0.4, 0.5) is 0 Å². The molecule has 0 radical (unpaired) electrons. The van der Waals surface area contributed by atoms with Gasteiger partial charge in [-0.25, -0.2) is 4.79 Å². The number of rotatable bonds is 3. The maximum Gasteiger partial charge on any atom is 0.344 e. The summed E-state index contributed by atoms with van der Waals surface area (Å²) in [5, 5.41) is 20.2. The van der Waals surface area contributed by atoms with Gasteiger partial charge in [-0.3, -0.25) is 4.98 Å². The molecule has 8 heteroatoms. The minimum absolute atomic E-state index is 0. The average molecular weight is 455 g/mol. The Balaban J connectivity index is 0.00000274. The Morgan fingerprint density at radius 2 is 2.03 bits per heavy atom. The molecule has 0 saturated heterocycles. The van der Waals surface area contributed by atoms with Crippen molar-refractivity contribution in [3.63, 3.8) is 0 Å². The molecule has 5 rings (SSSR count). The fourth-order valence-electron chi connectivity index (χ4n) is 4.09. The Morgan fingerprint density at radius 1 is 1.21 bits per heavy atom. The standard InChI is InChI=1S/C25H17N3O5.CH4/c1-31-19-6-4-13(9-16(19)14-3-2-8-28-12-14)21-18(11-26)24(27)33-23-17-10-15(29)5-7-20(17)32-25(30)22(21)23;/h2-10,12,21,29H,27H2,1H3;1H4. The van der Waals surface area contributed by atoms with Gasteiger partial charge in [-0.15, -0.1) is 0 Å². The van der Waals surface area contributed by atoms with E-state index in [-0.39, 0.29) is 41.5 Å². The highest BCUT2D eigenvalue weighted by Crippen LogP contribution is 2.45. The first-order valence-corrected chi connectivity index (χ1v) is 9.97. The molecule has 170 valence electrons. The summed E-state index contributed by atoms with van der Waals surface area (Å²) in [4.78, 5) is 17.2. The molecule has 4 aromatic rings. The van der Waals surface area contributed by atoms with Gasteiger partial charge in [0.1, 0.15) is 28.7 Å². The van der Waals surface area contributed by atoms with Gasteiger partial charge in [0, 0.05) is 23.5 Å². The van der Waals surface area contributed by atoms with Crippen LogP contribution in [-0.2, 0) is 0 Å². The Morgan fingerprint density at radius 3 is 2.74 bits per heavy atom. The normalized spacial score (nSPS) is 14.5. The summed E-state index contributed by atoms with van der Waals surface area (Å²) >= 11 is 0. The topological polar surface area (TPSA) is 132 Å². The fourth-order valence-corrected chi connectivity index (χ4v) is 4.09. The Kier molecular flexibility index (Phi) is 5.70. The lowest BCUT2D eigenvalue weighted by Gasteiger charge is -2.26. The van der Waals surface area contributed by atoms with E-state index in [9.17, 15) is 15.2 Å². The lowest BCUT2D eigenvalue weighted by Crippen LogP contribution is -2.26. The number of allylic oxidation sites excluding steroid dienone is 1. The number of pyridine rings is 1. The number of nitrogens with two attached hydrogens (primary N) is 1. The smallest absolute Gasteiger partial charge is 0.344 e. The summed E-state index contributed by atoms with van der Waals surface area (Å²) < 4.78 is 16.7. The van der Waals surface area contributed by atoms with Gasteiger partial charge in [-0.2, -0.15) is 5.26 Å². The minimum Gasteiger partial charge on any atom is -0.508 e. The van der Waals surface area contributed by atoms with E-state index in [1.165, 1.54) is 18.2 Å². The van der Waals surface area contributed by atoms with Crippen molar-refractivity contribution < 1.29 is 19.0 Å². The van der Waals surface area contributed by atoms with E-state index < -0.39 is 11.5 Å². The number of ether oxygens (including phenoxy) is 2. The maximum absolute atomic E-state index is 13.1. The third-order valence-electron chi connectivity index (χ3n) is 5.58. The van der Waals surface area contributed by atoms with E-state index in [0.717, 1.165) is 11.1 Å². The second-order valence-corrected chi connectivity index (χ2v) is 7.44. The second-order valence-electron chi connectivity index (χ2n) is 7.44. The van der Waals surface area contributed by atoms with Crippen LogP contribution < -0.4 is 20.8 Å². The zero-order valence-corrected chi connectivity index (χ0v) is 17.4. The number of methoxy groups -OCH3 is 1. The highest BCUT2D eigenvalue weighted by atomic mass is 16.5. The van der Waals surface area contributed by atoms with Gasteiger partial charge in [-0.1, -0.05) is 19.6 Å². The van der Waals surface area contributed by atoms with Crippen molar-refractivity contribution in [3.8, 4) is 34.4 Å². The lowest BCUT2D eigenvalue weighted by molar-refractivity contribution is 0.387. The summed E-state index contributed by atoms with van der Waals surface area (Å²) in [6.45, 7) is 0. The van der Waals surface area contributed by atoms with Gasteiger partial charge < -0.3 is 24.7 Å². The summed E-state index contributed by atoms with van der Waals surface area (Å²) in [7, 11) is 1.56. The number of aromatic nitrogens is 1. The summed E-state index contributed by atoms with van der Waals surface area (Å²) in [6.07, 6.45) is 3.36. The third-order valence-corrected chi connectivity index (χ3v) is 5.58. The van der Waals surface area contributed by atoms with Gasteiger partial charge in [0.25, 0.3) is 0 Å². The van der Waals surface area contributed by atoms with E-state index in [2.05, 4.69) is 11.1 Å². The number of benzene rings is 2. The molecule has 0 amide bonds. The fraction of sp³-hybridized carbons (Fsp3) is 0.115. The van der Waals surface area contributed by atoms with E-state index in [0.29, 0.717) is 16.7 Å².